The predicted molar refractivity (Wildman–Crippen MR) is 87.4 cm³/mol. The highest BCUT2D eigenvalue weighted by Gasteiger charge is 2.54. The van der Waals surface area contributed by atoms with Gasteiger partial charge in [0.2, 0.25) is 5.43 Å². The number of halogens is 1. The molecule has 0 radical (unpaired) electrons. The summed E-state index contributed by atoms with van der Waals surface area (Å²) in [7, 11) is 0. The first-order chi connectivity index (χ1) is 10.7. The second-order valence-electron chi connectivity index (χ2n) is 6.62. The van der Waals surface area contributed by atoms with Gasteiger partial charge >= 0.3 is 0 Å². The molecule has 1 aliphatic heterocycles. The summed E-state index contributed by atoms with van der Waals surface area (Å²) in [6.07, 6.45) is 1.56. The zero-order valence-corrected chi connectivity index (χ0v) is 14.2. The standard InChI is InChI=1S/C15H19N3O5.ClH/c1-7(2)18-14(23)10-12(21)11(20)9(13(16)22)5-17(10)6-15(18)3-8(19)4-15;/h5,7-8,19,21H,3-4,6H2,1-2H3,(H2,16,22);1H. The third-order valence-electron chi connectivity index (χ3n) is 4.67. The van der Waals surface area contributed by atoms with Gasteiger partial charge in [-0.15, -0.1) is 12.4 Å². The number of nitrogens with zero attached hydrogens (tertiary/aromatic N) is 2. The lowest BCUT2D eigenvalue weighted by atomic mass is 9.71. The zero-order chi connectivity index (χ0) is 17.1. The van der Waals surface area contributed by atoms with Gasteiger partial charge in [0.15, 0.2) is 11.4 Å². The van der Waals surface area contributed by atoms with Crippen LogP contribution in [0.1, 0.15) is 47.5 Å². The molecular weight excluding hydrogens is 338 g/mol. The Morgan fingerprint density at radius 2 is 1.96 bits per heavy atom. The Morgan fingerprint density at radius 1 is 1.38 bits per heavy atom. The fourth-order valence-corrected chi connectivity index (χ4v) is 3.82. The van der Waals surface area contributed by atoms with Gasteiger partial charge in [0, 0.05) is 18.8 Å². The van der Waals surface area contributed by atoms with Crippen LogP contribution in [0.15, 0.2) is 11.0 Å². The maximum absolute atomic E-state index is 12.8. The van der Waals surface area contributed by atoms with Crippen molar-refractivity contribution in [2.24, 2.45) is 5.73 Å². The summed E-state index contributed by atoms with van der Waals surface area (Å²) < 4.78 is 1.41. The number of aliphatic hydroxyl groups excluding tert-OH is 1. The molecule has 1 aromatic heterocycles. The number of hydrogen-bond donors (Lipinski definition) is 3. The van der Waals surface area contributed by atoms with Crippen LogP contribution in [0.3, 0.4) is 0 Å². The van der Waals surface area contributed by atoms with Crippen LogP contribution in [0, 0.1) is 0 Å². The van der Waals surface area contributed by atoms with Crippen molar-refractivity contribution in [1.82, 2.24) is 9.47 Å². The summed E-state index contributed by atoms with van der Waals surface area (Å²) in [4.78, 5) is 37.8. The molecule has 4 N–H and O–H groups in total. The molecule has 2 aliphatic rings. The molecule has 24 heavy (non-hydrogen) atoms. The number of carbonyl (C=O) groups is 2. The molecule has 9 heteroatoms. The van der Waals surface area contributed by atoms with Gasteiger partial charge in [0.25, 0.3) is 11.8 Å². The summed E-state index contributed by atoms with van der Waals surface area (Å²) in [6, 6.07) is -0.158. The summed E-state index contributed by atoms with van der Waals surface area (Å²) >= 11 is 0. The number of pyridine rings is 1. The average Bonchev–Trinajstić information content (AvgIpc) is 2.40. The van der Waals surface area contributed by atoms with Crippen LogP contribution in [-0.2, 0) is 6.54 Å². The Labute approximate surface area is 144 Å². The van der Waals surface area contributed by atoms with Crippen molar-refractivity contribution in [3.8, 4) is 5.75 Å². The number of fused-ring (bicyclic) bond motifs is 1. The smallest absolute Gasteiger partial charge is 0.275 e. The van der Waals surface area contributed by atoms with E-state index in [2.05, 4.69) is 0 Å². The number of primary amides is 1. The first-order valence-corrected chi connectivity index (χ1v) is 7.46. The van der Waals surface area contributed by atoms with Gasteiger partial charge in [-0.05, 0) is 26.7 Å². The molecule has 1 aliphatic carbocycles. The van der Waals surface area contributed by atoms with E-state index in [0.29, 0.717) is 12.8 Å². The van der Waals surface area contributed by atoms with Crippen LogP contribution in [0.2, 0.25) is 0 Å². The number of aliphatic hydroxyl groups is 1. The molecule has 8 nitrogen and oxygen atoms in total. The van der Waals surface area contributed by atoms with Crippen molar-refractivity contribution in [2.75, 3.05) is 0 Å². The van der Waals surface area contributed by atoms with Crippen molar-refractivity contribution >= 4 is 24.2 Å². The van der Waals surface area contributed by atoms with E-state index in [1.165, 1.54) is 10.8 Å². The highest BCUT2D eigenvalue weighted by molar-refractivity contribution is 5.99. The lowest BCUT2D eigenvalue weighted by Gasteiger charge is -2.57. The van der Waals surface area contributed by atoms with Crippen molar-refractivity contribution < 1.29 is 19.8 Å². The van der Waals surface area contributed by atoms with Crippen LogP contribution in [0.25, 0.3) is 0 Å². The number of carbonyl (C=O) groups excluding carboxylic acids is 2. The third-order valence-corrected chi connectivity index (χ3v) is 4.67. The Hall–Kier alpha value is -2.06. The SMILES string of the molecule is CC(C)N1C(=O)c2c(O)c(=O)c(C(N)=O)cn2CC12CC(O)C2.Cl. The number of amides is 2. The molecule has 0 unspecified atom stereocenters. The van der Waals surface area contributed by atoms with Crippen LogP contribution >= 0.6 is 12.4 Å². The van der Waals surface area contributed by atoms with Crippen molar-refractivity contribution in [2.45, 2.75) is 50.9 Å². The topological polar surface area (TPSA) is 126 Å². The van der Waals surface area contributed by atoms with E-state index in [-0.39, 0.29) is 36.3 Å². The quantitative estimate of drug-likeness (QED) is 0.677. The molecule has 1 spiro atoms. The summed E-state index contributed by atoms with van der Waals surface area (Å²) in [5.41, 5.74) is 3.16. The van der Waals surface area contributed by atoms with Crippen molar-refractivity contribution in [3.05, 3.63) is 27.7 Å². The van der Waals surface area contributed by atoms with Gasteiger partial charge in [-0.2, -0.15) is 0 Å². The van der Waals surface area contributed by atoms with E-state index in [1.54, 1.807) is 4.90 Å². The number of aromatic nitrogens is 1. The molecule has 1 aromatic rings. The van der Waals surface area contributed by atoms with E-state index in [9.17, 15) is 24.6 Å². The lowest BCUT2D eigenvalue weighted by Crippen LogP contribution is -2.68. The second-order valence-corrected chi connectivity index (χ2v) is 6.62. The summed E-state index contributed by atoms with van der Waals surface area (Å²) in [6.45, 7) is 3.97. The minimum atomic E-state index is -0.956. The summed E-state index contributed by atoms with van der Waals surface area (Å²) in [5.74, 6) is -2.20. The average molecular weight is 358 g/mol. The highest BCUT2D eigenvalue weighted by Crippen LogP contribution is 2.44. The Bertz CT molecular complexity index is 767. The Morgan fingerprint density at radius 3 is 2.42 bits per heavy atom. The van der Waals surface area contributed by atoms with E-state index in [1.807, 2.05) is 13.8 Å². The minimum Gasteiger partial charge on any atom is -0.503 e. The first-order valence-electron chi connectivity index (χ1n) is 7.46. The normalized spacial score (nSPS) is 25.2. The molecule has 2 heterocycles. The molecule has 0 atom stereocenters. The monoisotopic (exact) mass is 357 g/mol. The Balaban J connectivity index is 0.00000208. The van der Waals surface area contributed by atoms with Gasteiger partial charge in [0.1, 0.15) is 5.56 Å². The van der Waals surface area contributed by atoms with Crippen molar-refractivity contribution in [1.29, 1.82) is 0 Å². The van der Waals surface area contributed by atoms with Crippen LogP contribution in [-0.4, -0.2) is 49.2 Å². The molecule has 1 saturated carbocycles. The van der Waals surface area contributed by atoms with Gasteiger partial charge < -0.3 is 25.4 Å². The zero-order valence-electron chi connectivity index (χ0n) is 13.4. The van der Waals surface area contributed by atoms with Crippen molar-refractivity contribution in [3.63, 3.8) is 0 Å². The molecule has 0 saturated heterocycles. The van der Waals surface area contributed by atoms with Crippen LogP contribution in [0.5, 0.6) is 5.75 Å². The third kappa shape index (κ3) is 2.37. The molecule has 2 amide bonds. The first kappa shape index (κ1) is 18.3. The molecule has 1 fully saturated rings. The summed E-state index contributed by atoms with van der Waals surface area (Å²) in [5, 5.41) is 19.8. The predicted octanol–water partition coefficient (Wildman–Crippen LogP) is -0.168. The number of nitrogens with two attached hydrogens (primary N) is 1. The molecular formula is C15H20ClN3O5. The van der Waals surface area contributed by atoms with Gasteiger partial charge in [-0.1, -0.05) is 0 Å². The number of aromatic hydroxyl groups is 1. The van der Waals surface area contributed by atoms with Crippen LogP contribution < -0.4 is 11.2 Å². The maximum atomic E-state index is 12.8. The Kier molecular flexibility index (Phi) is 4.41. The van der Waals surface area contributed by atoms with E-state index in [4.69, 9.17) is 5.73 Å². The molecule has 132 valence electrons. The van der Waals surface area contributed by atoms with Gasteiger partial charge in [-0.3, -0.25) is 14.4 Å². The van der Waals surface area contributed by atoms with E-state index in [0.717, 1.165) is 0 Å². The van der Waals surface area contributed by atoms with E-state index < -0.39 is 34.6 Å². The van der Waals surface area contributed by atoms with E-state index >= 15 is 0 Å². The number of hydrogen-bond acceptors (Lipinski definition) is 5. The fourth-order valence-electron chi connectivity index (χ4n) is 3.82. The number of rotatable bonds is 2. The second kappa shape index (κ2) is 5.78. The maximum Gasteiger partial charge on any atom is 0.275 e. The highest BCUT2D eigenvalue weighted by atomic mass is 35.5. The molecule has 0 aromatic carbocycles. The largest absolute Gasteiger partial charge is 0.503 e. The van der Waals surface area contributed by atoms with Crippen LogP contribution in [0.4, 0.5) is 0 Å². The minimum absolute atomic E-state index is 0. The van der Waals surface area contributed by atoms with Gasteiger partial charge in [-0.25, -0.2) is 0 Å². The molecule has 0 bridgehead atoms. The molecule has 3 rings (SSSR count). The fraction of sp³-hybridized carbons (Fsp3) is 0.533. The lowest BCUT2D eigenvalue weighted by molar-refractivity contribution is -0.0860. The van der Waals surface area contributed by atoms with Gasteiger partial charge in [0.05, 0.1) is 11.6 Å².